The van der Waals surface area contributed by atoms with Gasteiger partial charge in [-0.15, -0.1) is 0 Å². The van der Waals surface area contributed by atoms with Crippen LogP contribution in [0.2, 0.25) is 0 Å². The van der Waals surface area contributed by atoms with Crippen molar-refractivity contribution in [2.24, 2.45) is 4.99 Å². The van der Waals surface area contributed by atoms with Gasteiger partial charge in [0, 0.05) is 44.6 Å². The molecule has 3 heterocycles. The van der Waals surface area contributed by atoms with Crippen LogP contribution in [0.4, 0.5) is 24.9 Å². The standard InChI is InChI=1S/C20H27F3N8/c1-2-24-18(27-11-12-28-19-26-10-6-16(30-19)20(21,22)23)29-15-7-13-31(14-8-15)17-5-3-4-9-25-17/h3-6,9-10,15H,2,7-8,11-14H2,1H3,(H2,24,27,29)(H,26,28,30). The lowest BCUT2D eigenvalue weighted by molar-refractivity contribution is -0.141. The number of alkyl halides is 3. The number of nitrogens with one attached hydrogen (secondary N) is 3. The van der Waals surface area contributed by atoms with E-state index in [0.717, 1.165) is 44.0 Å². The predicted molar refractivity (Wildman–Crippen MR) is 114 cm³/mol. The number of aliphatic imine (C=N–C) groups is 1. The molecule has 0 atom stereocenters. The second-order valence-corrected chi connectivity index (χ2v) is 7.04. The monoisotopic (exact) mass is 436 g/mol. The number of hydrogen-bond donors (Lipinski definition) is 3. The van der Waals surface area contributed by atoms with Crippen molar-refractivity contribution < 1.29 is 13.2 Å². The lowest BCUT2D eigenvalue weighted by Crippen LogP contribution is -2.49. The molecule has 3 N–H and O–H groups in total. The first-order chi connectivity index (χ1) is 15.0. The lowest BCUT2D eigenvalue weighted by Gasteiger charge is -2.33. The average Bonchev–Trinajstić information content (AvgIpc) is 2.77. The molecule has 1 aliphatic heterocycles. The van der Waals surface area contributed by atoms with E-state index in [4.69, 9.17) is 0 Å². The zero-order valence-corrected chi connectivity index (χ0v) is 17.4. The van der Waals surface area contributed by atoms with Crippen molar-refractivity contribution in [2.75, 3.05) is 42.9 Å². The van der Waals surface area contributed by atoms with E-state index in [9.17, 15) is 13.2 Å². The molecule has 0 aliphatic carbocycles. The molecule has 0 aromatic carbocycles. The molecule has 1 fully saturated rings. The van der Waals surface area contributed by atoms with Gasteiger partial charge in [0.15, 0.2) is 5.96 Å². The van der Waals surface area contributed by atoms with E-state index in [1.165, 1.54) is 0 Å². The van der Waals surface area contributed by atoms with E-state index < -0.39 is 11.9 Å². The highest BCUT2D eigenvalue weighted by molar-refractivity contribution is 5.80. The Morgan fingerprint density at radius 2 is 1.97 bits per heavy atom. The molecule has 0 spiro atoms. The van der Waals surface area contributed by atoms with Crippen LogP contribution >= 0.6 is 0 Å². The van der Waals surface area contributed by atoms with Gasteiger partial charge < -0.3 is 20.9 Å². The fraction of sp³-hybridized carbons (Fsp3) is 0.500. The first kappa shape index (κ1) is 22.6. The SMILES string of the molecule is CCNC(=NCCNc1nccc(C(F)(F)F)n1)NC1CCN(c2ccccn2)CC1. The summed E-state index contributed by atoms with van der Waals surface area (Å²) in [4.78, 5) is 18.5. The van der Waals surface area contributed by atoms with Crippen LogP contribution in [0, 0.1) is 0 Å². The smallest absolute Gasteiger partial charge is 0.357 e. The minimum absolute atomic E-state index is 0.0649. The zero-order chi connectivity index (χ0) is 22.1. The Hall–Kier alpha value is -3.11. The van der Waals surface area contributed by atoms with Gasteiger partial charge in [-0.05, 0) is 38.0 Å². The van der Waals surface area contributed by atoms with E-state index >= 15 is 0 Å². The molecule has 0 saturated carbocycles. The van der Waals surface area contributed by atoms with Gasteiger partial charge in [-0.3, -0.25) is 4.99 Å². The third kappa shape index (κ3) is 6.97. The molecule has 1 saturated heterocycles. The van der Waals surface area contributed by atoms with E-state index in [0.29, 0.717) is 25.6 Å². The normalized spacial score (nSPS) is 15.6. The van der Waals surface area contributed by atoms with Gasteiger partial charge in [-0.2, -0.15) is 13.2 Å². The van der Waals surface area contributed by atoms with Crippen LogP contribution in [0.5, 0.6) is 0 Å². The summed E-state index contributed by atoms with van der Waals surface area (Å²) >= 11 is 0. The molecule has 168 valence electrons. The summed E-state index contributed by atoms with van der Waals surface area (Å²) < 4.78 is 38.2. The second kappa shape index (κ2) is 10.8. The molecule has 11 heteroatoms. The number of pyridine rings is 1. The van der Waals surface area contributed by atoms with Gasteiger partial charge >= 0.3 is 6.18 Å². The third-order valence-electron chi connectivity index (χ3n) is 4.76. The number of hydrogen-bond acceptors (Lipinski definition) is 6. The Labute approximate surface area is 179 Å². The van der Waals surface area contributed by atoms with Crippen LogP contribution in [0.25, 0.3) is 0 Å². The first-order valence-electron chi connectivity index (χ1n) is 10.3. The van der Waals surface area contributed by atoms with Gasteiger partial charge in [0.25, 0.3) is 0 Å². The Balaban J connectivity index is 1.46. The molecule has 2 aromatic heterocycles. The van der Waals surface area contributed by atoms with Crippen molar-refractivity contribution in [3.05, 3.63) is 42.4 Å². The quantitative estimate of drug-likeness (QED) is 0.349. The van der Waals surface area contributed by atoms with Crippen LogP contribution in [0.3, 0.4) is 0 Å². The van der Waals surface area contributed by atoms with Crippen molar-refractivity contribution in [3.63, 3.8) is 0 Å². The van der Waals surface area contributed by atoms with Crippen LogP contribution in [0.15, 0.2) is 41.7 Å². The summed E-state index contributed by atoms with van der Waals surface area (Å²) in [7, 11) is 0. The molecule has 31 heavy (non-hydrogen) atoms. The molecule has 3 rings (SSSR count). The fourth-order valence-electron chi connectivity index (χ4n) is 3.24. The molecule has 2 aromatic rings. The van der Waals surface area contributed by atoms with Crippen molar-refractivity contribution in [1.29, 1.82) is 0 Å². The summed E-state index contributed by atoms with van der Waals surface area (Å²) in [6.07, 6.45) is 0.304. The fourth-order valence-corrected chi connectivity index (χ4v) is 3.24. The summed E-state index contributed by atoms with van der Waals surface area (Å²) in [5, 5.41) is 9.43. The number of aromatic nitrogens is 3. The number of anilines is 2. The largest absolute Gasteiger partial charge is 0.433 e. The highest BCUT2D eigenvalue weighted by atomic mass is 19.4. The highest BCUT2D eigenvalue weighted by Crippen LogP contribution is 2.27. The van der Waals surface area contributed by atoms with Gasteiger partial charge in [-0.25, -0.2) is 15.0 Å². The first-order valence-corrected chi connectivity index (χ1v) is 10.3. The number of piperidine rings is 1. The Morgan fingerprint density at radius 1 is 1.16 bits per heavy atom. The van der Waals surface area contributed by atoms with E-state index in [-0.39, 0.29) is 12.0 Å². The minimum Gasteiger partial charge on any atom is -0.357 e. The molecule has 1 aliphatic rings. The second-order valence-electron chi connectivity index (χ2n) is 7.04. The zero-order valence-electron chi connectivity index (χ0n) is 17.4. The highest BCUT2D eigenvalue weighted by Gasteiger charge is 2.32. The number of halogens is 3. The van der Waals surface area contributed by atoms with Crippen LogP contribution in [-0.4, -0.2) is 59.7 Å². The number of rotatable bonds is 7. The van der Waals surface area contributed by atoms with Gasteiger partial charge in [-0.1, -0.05) is 6.07 Å². The summed E-state index contributed by atoms with van der Waals surface area (Å²) in [6.45, 7) is 5.18. The van der Waals surface area contributed by atoms with Crippen molar-refractivity contribution in [3.8, 4) is 0 Å². The summed E-state index contributed by atoms with van der Waals surface area (Å²) in [5.41, 5.74) is -0.972. The maximum absolute atomic E-state index is 12.7. The van der Waals surface area contributed by atoms with Crippen molar-refractivity contribution in [1.82, 2.24) is 25.6 Å². The Kier molecular flexibility index (Phi) is 7.85. The topological polar surface area (TPSA) is 90.4 Å². The maximum atomic E-state index is 12.7. The molecular formula is C20H27F3N8. The number of nitrogens with zero attached hydrogens (tertiary/aromatic N) is 5. The summed E-state index contributed by atoms with van der Waals surface area (Å²) in [6, 6.07) is 7.04. The molecule has 0 bridgehead atoms. The van der Waals surface area contributed by atoms with Crippen molar-refractivity contribution >= 4 is 17.7 Å². The van der Waals surface area contributed by atoms with Gasteiger partial charge in [0.1, 0.15) is 11.5 Å². The minimum atomic E-state index is -4.49. The average molecular weight is 436 g/mol. The Bertz CT molecular complexity index is 836. The Morgan fingerprint density at radius 3 is 2.65 bits per heavy atom. The van der Waals surface area contributed by atoms with Gasteiger partial charge in [0.2, 0.25) is 5.95 Å². The summed E-state index contributed by atoms with van der Waals surface area (Å²) in [5.74, 6) is 1.61. The van der Waals surface area contributed by atoms with E-state index in [1.54, 1.807) is 6.20 Å². The van der Waals surface area contributed by atoms with Crippen molar-refractivity contribution in [2.45, 2.75) is 32.0 Å². The molecule has 0 unspecified atom stereocenters. The van der Waals surface area contributed by atoms with Crippen LogP contribution < -0.4 is 20.9 Å². The van der Waals surface area contributed by atoms with Gasteiger partial charge in [0.05, 0.1) is 6.54 Å². The molecule has 0 radical (unpaired) electrons. The van der Waals surface area contributed by atoms with Crippen LogP contribution in [0.1, 0.15) is 25.5 Å². The molecule has 0 amide bonds. The predicted octanol–water partition coefficient (Wildman–Crippen LogP) is 2.53. The maximum Gasteiger partial charge on any atom is 0.433 e. The number of guanidine groups is 1. The van der Waals surface area contributed by atoms with E-state index in [1.807, 2.05) is 25.1 Å². The molecule has 8 nitrogen and oxygen atoms in total. The third-order valence-corrected chi connectivity index (χ3v) is 4.76. The van der Waals surface area contributed by atoms with Crippen LogP contribution in [-0.2, 0) is 6.18 Å². The molecular weight excluding hydrogens is 409 g/mol. The lowest BCUT2D eigenvalue weighted by atomic mass is 10.1. The van der Waals surface area contributed by atoms with E-state index in [2.05, 4.69) is 40.8 Å².